The van der Waals surface area contributed by atoms with Crippen molar-refractivity contribution in [2.24, 2.45) is 0 Å². The fraction of sp³-hybridized carbons (Fsp3) is 0.647. The Bertz CT molecular complexity index is 469. The number of rotatable bonds is 4. The number of benzene rings is 1. The first kappa shape index (κ1) is 17.6. The molecular weight excluding hydrogens is 296 g/mol. The van der Waals surface area contributed by atoms with Crippen LogP contribution in [0.2, 0.25) is 18.1 Å². The van der Waals surface area contributed by atoms with Crippen molar-refractivity contribution in [2.75, 3.05) is 13.2 Å². The molecule has 1 heterocycles. The van der Waals surface area contributed by atoms with E-state index < -0.39 is 20.7 Å². The molecule has 1 aromatic rings. The number of ether oxygens (including phenoxy) is 2. The highest BCUT2D eigenvalue weighted by molar-refractivity contribution is 6.74. The van der Waals surface area contributed by atoms with Crippen molar-refractivity contribution < 1.29 is 19.0 Å². The highest BCUT2D eigenvalue weighted by atomic mass is 28.4. The summed E-state index contributed by atoms with van der Waals surface area (Å²) < 4.78 is 17.7. The summed E-state index contributed by atoms with van der Waals surface area (Å²) in [6, 6.07) is 9.80. The van der Waals surface area contributed by atoms with Gasteiger partial charge in [0.05, 0.1) is 13.2 Å². The summed E-state index contributed by atoms with van der Waals surface area (Å²) in [4.78, 5) is 0. The van der Waals surface area contributed by atoms with Gasteiger partial charge in [0, 0.05) is 5.56 Å². The van der Waals surface area contributed by atoms with Crippen molar-refractivity contribution in [2.45, 2.75) is 57.4 Å². The van der Waals surface area contributed by atoms with Crippen molar-refractivity contribution >= 4 is 8.32 Å². The summed E-state index contributed by atoms with van der Waals surface area (Å²) in [5.74, 6) is 0. The van der Waals surface area contributed by atoms with Crippen molar-refractivity contribution in [1.82, 2.24) is 0 Å². The van der Waals surface area contributed by atoms with E-state index in [0.29, 0.717) is 6.61 Å². The van der Waals surface area contributed by atoms with E-state index in [-0.39, 0.29) is 17.7 Å². The number of hydrogen-bond donors (Lipinski definition) is 1. The van der Waals surface area contributed by atoms with Crippen LogP contribution in [0.3, 0.4) is 0 Å². The minimum absolute atomic E-state index is 0.141. The molecule has 124 valence electrons. The molecule has 0 aromatic heterocycles. The molecule has 0 radical (unpaired) electrons. The Labute approximate surface area is 134 Å². The summed E-state index contributed by atoms with van der Waals surface area (Å²) >= 11 is 0. The molecule has 5 heteroatoms. The Morgan fingerprint density at radius 2 is 1.86 bits per heavy atom. The van der Waals surface area contributed by atoms with E-state index in [9.17, 15) is 5.11 Å². The van der Waals surface area contributed by atoms with E-state index in [1.807, 2.05) is 30.3 Å². The van der Waals surface area contributed by atoms with Gasteiger partial charge in [0.2, 0.25) is 0 Å². The summed E-state index contributed by atoms with van der Waals surface area (Å²) in [5, 5.41) is 10.3. The molecule has 0 amide bonds. The first-order valence-corrected chi connectivity index (χ1v) is 10.8. The Hall–Kier alpha value is -0.723. The molecule has 1 aromatic carbocycles. The quantitative estimate of drug-likeness (QED) is 0.861. The second-order valence-corrected chi connectivity index (χ2v) is 12.2. The highest BCUT2D eigenvalue weighted by Crippen LogP contribution is 2.37. The lowest BCUT2D eigenvalue weighted by molar-refractivity contribution is -0.262. The minimum atomic E-state index is -1.85. The molecule has 4 nitrogen and oxygen atoms in total. The Morgan fingerprint density at radius 3 is 2.45 bits per heavy atom. The van der Waals surface area contributed by atoms with Crippen molar-refractivity contribution in [3.05, 3.63) is 35.9 Å². The predicted molar refractivity (Wildman–Crippen MR) is 89.2 cm³/mol. The lowest BCUT2D eigenvalue weighted by Gasteiger charge is -2.39. The second-order valence-electron chi connectivity index (χ2n) is 7.39. The van der Waals surface area contributed by atoms with Crippen molar-refractivity contribution in [3.8, 4) is 0 Å². The monoisotopic (exact) mass is 324 g/mol. The SMILES string of the molecule is CC(C)(C)[Si](C)(C)OC[C@H]1O[C@@H](c2ccccc2)OC[C@H]1O. The maximum atomic E-state index is 10.1. The molecule has 1 saturated heterocycles. The standard InChI is InChI=1S/C17H28O4Si/c1-17(2,3)22(4,5)20-12-15-14(18)11-19-16(21-15)13-9-7-6-8-10-13/h6-10,14-16,18H,11-12H2,1-5H3/t14-,15-,16+/m1/s1. The van der Waals surface area contributed by atoms with Gasteiger partial charge in [0.15, 0.2) is 14.6 Å². The molecule has 1 fully saturated rings. The van der Waals surface area contributed by atoms with Crippen LogP contribution in [0.4, 0.5) is 0 Å². The van der Waals surface area contributed by atoms with Crippen LogP contribution < -0.4 is 0 Å². The third-order valence-corrected chi connectivity index (χ3v) is 9.13. The molecule has 22 heavy (non-hydrogen) atoms. The molecule has 0 unspecified atom stereocenters. The minimum Gasteiger partial charge on any atom is -0.414 e. The first-order chi connectivity index (χ1) is 10.2. The van der Waals surface area contributed by atoms with Gasteiger partial charge in [-0.1, -0.05) is 51.1 Å². The van der Waals surface area contributed by atoms with Gasteiger partial charge in [-0.3, -0.25) is 0 Å². The average molecular weight is 324 g/mol. The zero-order chi connectivity index (χ0) is 16.4. The molecule has 0 aliphatic carbocycles. The topological polar surface area (TPSA) is 47.9 Å². The first-order valence-electron chi connectivity index (χ1n) is 7.85. The van der Waals surface area contributed by atoms with Gasteiger partial charge in [0.1, 0.15) is 12.2 Å². The normalized spacial score (nSPS) is 26.9. The molecule has 1 aliphatic heterocycles. The molecule has 3 atom stereocenters. The molecule has 1 aliphatic rings. The number of hydrogen-bond acceptors (Lipinski definition) is 4. The third kappa shape index (κ3) is 4.17. The largest absolute Gasteiger partial charge is 0.414 e. The van der Waals surface area contributed by atoms with Crippen LogP contribution in [0.15, 0.2) is 30.3 Å². The van der Waals surface area contributed by atoms with Gasteiger partial charge in [-0.25, -0.2) is 0 Å². The van der Waals surface area contributed by atoms with Crippen LogP contribution in [0.1, 0.15) is 32.6 Å². The maximum absolute atomic E-state index is 10.1. The zero-order valence-corrected chi connectivity index (χ0v) is 15.2. The zero-order valence-electron chi connectivity index (χ0n) is 14.2. The summed E-state index contributed by atoms with van der Waals surface area (Å²) in [7, 11) is -1.85. The van der Waals surface area contributed by atoms with Gasteiger partial charge in [-0.05, 0) is 18.1 Å². The fourth-order valence-electron chi connectivity index (χ4n) is 2.02. The lowest BCUT2D eigenvalue weighted by Crippen LogP contribution is -2.48. The fourth-order valence-corrected chi connectivity index (χ4v) is 3.04. The Kier molecular flexibility index (Phi) is 5.45. The van der Waals surface area contributed by atoms with Crippen molar-refractivity contribution in [1.29, 1.82) is 0 Å². The second kappa shape index (κ2) is 6.80. The van der Waals surface area contributed by atoms with Gasteiger partial charge >= 0.3 is 0 Å². The van der Waals surface area contributed by atoms with Crippen LogP contribution in [0.25, 0.3) is 0 Å². The van der Waals surface area contributed by atoms with E-state index in [4.69, 9.17) is 13.9 Å². The van der Waals surface area contributed by atoms with E-state index in [1.165, 1.54) is 0 Å². The van der Waals surface area contributed by atoms with E-state index >= 15 is 0 Å². The van der Waals surface area contributed by atoms with Crippen molar-refractivity contribution in [3.63, 3.8) is 0 Å². The molecule has 2 rings (SSSR count). The lowest BCUT2D eigenvalue weighted by atomic mass is 10.1. The molecule has 1 N–H and O–H groups in total. The Morgan fingerprint density at radius 1 is 1.23 bits per heavy atom. The van der Waals surface area contributed by atoms with Crippen LogP contribution in [-0.4, -0.2) is 38.8 Å². The van der Waals surface area contributed by atoms with Crippen LogP contribution in [0.5, 0.6) is 0 Å². The van der Waals surface area contributed by atoms with Gasteiger partial charge in [0.25, 0.3) is 0 Å². The van der Waals surface area contributed by atoms with E-state index in [0.717, 1.165) is 5.56 Å². The summed E-state index contributed by atoms with van der Waals surface area (Å²) in [5.41, 5.74) is 0.965. The van der Waals surface area contributed by atoms with Crippen LogP contribution in [-0.2, 0) is 13.9 Å². The maximum Gasteiger partial charge on any atom is 0.192 e. The van der Waals surface area contributed by atoms with E-state index in [2.05, 4.69) is 33.9 Å². The average Bonchev–Trinajstić information content (AvgIpc) is 2.46. The summed E-state index contributed by atoms with van der Waals surface area (Å²) in [6.07, 6.45) is -1.43. The predicted octanol–water partition coefficient (Wildman–Crippen LogP) is 3.48. The smallest absolute Gasteiger partial charge is 0.192 e. The van der Waals surface area contributed by atoms with Crippen LogP contribution >= 0.6 is 0 Å². The van der Waals surface area contributed by atoms with Gasteiger partial charge in [-0.15, -0.1) is 0 Å². The summed E-state index contributed by atoms with van der Waals surface area (Å²) in [6.45, 7) is 11.7. The third-order valence-electron chi connectivity index (χ3n) is 4.63. The molecular formula is C17H28O4Si. The van der Waals surface area contributed by atoms with Crippen LogP contribution in [0, 0.1) is 0 Å². The number of aliphatic hydroxyl groups is 1. The van der Waals surface area contributed by atoms with E-state index in [1.54, 1.807) is 0 Å². The van der Waals surface area contributed by atoms with Gasteiger partial charge < -0.3 is 19.0 Å². The van der Waals surface area contributed by atoms with Gasteiger partial charge in [-0.2, -0.15) is 0 Å². The molecule has 0 bridgehead atoms. The number of aliphatic hydroxyl groups excluding tert-OH is 1. The molecule has 0 saturated carbocycles. The highest BCUT2D eigenvalue weighted by Gasteiger charge is 2.39. The molecule has 0 spiro atoms. The Balaban J connectivity index is 1.98.